The molecule has 3 atom stereocenters. The monoisotopic (exact) mass is 257 g/mol. The molecule has 1 heterocycles. The van der Waals surface area contributed by atoms with Crippen molar-refractivity contribution in [2.45, 2.75) is 45.4 Å². The molecule has 0 unspecified atom stereocenters. The molecule has 2 amide bonds. The summed E-state index contributed by atoms with van der Waals surface area (Å²) < 4.78 is 0. The zero-order chi connectivity index (χ0) is 14.1. The lowest BCUT2D eigenvalue weighted by molar-refractivity contribution is -0.141. The van der Waals surface area contributed by atoms with Crippen molar-refractivity contribution in [2.24, 2.45) is 11.1 Å². The summed E-state index contributed by atoms with van der Waals surface area (Å²) in [5.41, 5.74) is 5.00. The minimum atomic E-state index is -0.703. The lowest BCUT2D eigenvalue weighted by atomic mass is 9.86. The van der Waals surface area contributed by atoms with E-state index < -0.39 is 24.1 Å². The van der Waals surface area contributed by atoms with Gasteiger partial charge in [-0.05, 0) is 12.5 Å². The molecule has 1 aliphatic heterocycles. The van der Waals surface area contributed by atoms with Crippen molar-refractivity contribution >= 4 is 11.8 Å². The number of primary amides is 1. The Kier molecular flexibility index (Phi) is 4.34. The highest BCUT2D eigenvalue weighted by Crippen LogP contribution is 2.25. The Labute approximate surface area is 108 Å². The van der Waals surface area contributed by atoms with Crippen molar-refractivity contribution in [3.8, 4) is 0 Å². The van der Waals surface area contributed by atoms with Gasteiger partial charge in [0, 0.05) is 13.0 Å². The van der Waals surface area contributed by atoms with Crippen LogP contribution >= 0.6 is 0 Å². The molecule has 0 bridgehead atoms. The summed E-state index contributed by atoms with van der Waals surface area (Å²) in [4.78, 5) is 25.1. The van der Waals surface area contributed by atoms with E-state index in [1.54, 1.807) is 7.05 Å². The van der Waals surface area contributed by atoms with E-state index in [9.17, 15) is 14.7 Å². The number of nitrogens with two attached hydrogens (primary N) is 1. The Morgan fingerprint density at radius 3 is 2.39 bits per heavy atom. The molecule has 0 saturated carbocycles. The van der Waals surface area contributed by atoms with Gasteiger partial charge < -0.3 is 21.1 Å². The first-order valence-corrected chi connectivity index (χ1v) is 6.13. The van der Waals surface area contributed by atoms with Crippen LogP contribution in [0.4, 0.5) is 0 Å². The SMILES string of the molecule is CN[C@H](C(=O)N1C[C@H](O)C[C@H]1C(N)=O)C(C)(C)C. The molecule has 0 spiro atoms. The lowest BCUT2D eigenvalue weighted by Gasteiger charge is -2.34. The van der Waals surface area contributed by atoms with Crippen LogP contribution in [0.2, 0.25) is 0 Å². The standard InChI is InChI=1S/C12H23N3O3/c1-12(2,3)9(14-4)11(18)15-6-7(16)5-8(15)10(13)17/h7-9,14,16H,5-6H2,1-4H3,(H2,13,17)/t7-,8+,9-/m1/s1. The second-order valence-corrected chi connectivity index (χ2v) is 5.89. The molecule has 1 aliphatic rings. The van der Waals surface area contributed by atoms with Crippen molar-refractivity contribution in [2.75, 3.05) is 13.6 Å². The van der Waals surface area contributed by atoms with Crippen molar-refractivity contribution in [3.63, 3.8) is 0 Å². The smallest absolute Gasteiger partial charge is 0.241 e. The van der Waals surface area contributed by atoms with Crippen molar-refractivity contribution in [1.82, 2.24) is 10.2 Å². The van der Waals surface area contributed by atoms with Gasteiger partial charge in [-0.1, -0.05) is 20.8 Å². The van der Waals surface area contributed by atoms with E-state index in [1.807, 2.05) is 20.8 Å². The number of carbonyl (C=O) groups excluding carboxylic acids is 2. The van der Waals surface area contributed by atoms with Crippen LogP contribution in [0.1, 0.15) is 27.2 Å². The molecule has 1 rings (SSSR count). The normalized spacial score (nSPS) is 26.2. The number of nitrogens with zero attached hydrogens (tertiary/aromatic N) is 1. The van der Waals surface area contributed by atoms with Gasteiger partial charge in [-0.15, -0.1) is 0 Å². The molecule has 1 saturated heterocycles. The van der Waals surface area contributed by atoms with Gasteiger partial charge in [0.25, 0.3) is 0 Å². The van der Waals surface area contributed by atoms with Crippen molar-refractivity contribution in [3.05, 3.63) is 0 Å². The molecule has 104 valence electrons. The number of hydrogen-bond donors (Lipinski definition) is 3. The number of aliphatic hydroxyl groups is 1. The number of hydrogen-bond acceptors (Lipinski definition) is 4. The van der Waals surface area contributed by atoms with Crippen LogP contribution in [0.3, 0.4) is 0 Å². The number of rotatable bonds is 3. The predicted molar refractivity (Wildman–Crippen MR) is 67.6 cm³/mol. The minimum absolute atomic E-state index is 0.167. The number of nitrogens with one attached hydrogen (secondary N) is 1. The van der Waals surface area contributed by atoms with Gasteiger partial charge in [-0.25, -0.2) is 0 Å². The van der Waals surface area contributed by atoms with Crippen LogP contribution in [0.25, 0.3) is 0 Å². The average Bonchev–Trinajstić information content (AvgIpc) is 2.59. The van der Waals surface area contributed by atoms with Crippen LogP contribution in [0.5, 0.6) is 0 Å². The molecular weight excluding hydrogens is 234 g/mol. The van der Waals surface area contributed by atoms with E-state index in [0.29, 0.717) is 0 Å². The third-order valence-electron chi connectivity index (χ3n) is 3.29. The predicted octanol–water partition coefficient (Wildman–Crippen LogP) is -0.932. The minimum Gasteiger partial charge on any atom is -0.391 e. The highest BCUT2D eigenvalue weighted by atomic mass is 16.3. The Hall–Kier alpha value is -1.14. The summed E-state index contributed by atoms with van der Waals surface area (Å²) in [5, 5.41) is 12.6. The second kappa shape index (κ2) is 5.24. The summed E-state index contributed by atoms with van der Waals surface area (Å²) in [5.74, 6) is -0.756. The largest absolute Gasteiger partial charge is 0.391 e. The molecule has 6 nitrogen and oxygen atoms in total. The fourth-order valence-corrected chi connectivity index (χ4v) is 2.42. The number of β-amino-alcohol motifs (C(OH)–C–C–N with tert-alkyl or cyclic N) is 1. The van der Waals surface area contributed by atoms with E-state index >= 15 is 0 Å². The molecule has 4 N–H and O–H groups in total. The van der Waals surface area contributed by atoms with Crippen molar-refractivity contribution in [1.29, 1.82) is 0 Å². The van der Waals surface area contributed by atoms with Gasteiger partial charge in [0.05, 0.1) is 12.1 Å². The Balaban J connectivity index is 2.91. The van der Waals surface area contributed by atoms with Gasteiger partial charge in [0.15, 0.2) is 0 Å². The Morgan fingerprint density at radius 1 is 1.44 bits per heavy atom. The van der Waals surface area contributed by atoms with Crippen LogP contribution in [0.15, 0.2) is 0 Å². The molecule has 0 aromatic carbocycles. The van der Waals surface area contributed by atoms with Gasteiger partial charge in [-0.2, -0.15) is 0 Å². The number of likely N-dealkylation sites (N-methyl/N-ethyl adjacent to an activating group) is 1. The van der Waals surface area contributed by atoms with Crippen molar-refractivity contribution < 1.29 is 14.7 Å². The zero-order valence-corrected chi connectivity index (χ0v) is 11.4. The quantitative estimate of drug-likeness (QED) is 0.608. The summed E-state index contributed by atoms with van der Waals surface area (Å²) in [6.45, 7) is 5.99. The molecule has 6 heteroatoms. The van der Waals surface area contributed by atoms with E-state index in [2.05, 4.69) is 5.32 Å². The molecular formula is C12H23N3O3. The molecule has 0 aliphatic carbocycles. The average molecular weight is 257 g/mol. The Bertz CT molecular complexity index is 338. The van der Waals surface area contributed by atoms with Gasteiger partial charge in [0.2, 0.25) is 11.8 Å². The van der Waals surface area contributed by atoms with E-state index in [0.717, 1.165) is 0 Å². The maximum Gasteiger partial charge on any atom is 0.241 e. The molecule has 0 radical (unpaired) electrons. The number of likely N-dealkylation sites (tertiary alicyclic amines) is 1. The highest BCUT2D eigenvalue weighted by molar-refractivity contribution is 5.90. The summed E-state index contributed by atoms with van der Waals surface area (Å²) in [6, 6.07) is -1.12. The third-order valence-corrected chi connectivity index (χ3v) is 3.29. The van der Waals surface area contributed by atoms with Gasteiger partial charge in [-0.3, -0.25) is 9.59 Å². The fraction of sp³-hybridized carbons (Fsp3) is 0.833. The van der Waals surface area contributed by atoms with Crippen LogP contribution < -0.4 is 11.1 Å². The summed E-state index contributed by atoms with van der Waals surface area (Å²) >= 11 is 0. The first-order valence-electron chi connectivity index (χ1n) is 6.13. The third kappa shape index (κ3) is 3.00. The van der Waals surface area contributed by atoms with E-state index in [1.165, 1.54) is 4.90 Å². The molecule has 0 aromatic rings. The van der Waals surface area contributed by atoms with E-state index in [4.69, 9.17) is 5.73 Å². The maximum absolute atomic E-state index is 12.4. The summed E-state index contributed by atoms with van der Waals surface area (Å²) in [7, 11) is 1.71. The number of aliphatic hydroxyl groups excluding tert-OH is 1. The first kappa shape index (κ1) is 14.9. The highest BCUT2D eigenvalue weighted by Gasteiger charge is 2.42. The van der Waals surface area contributed by atoms with Crippen LogP contribution in [-0.4, -0.2) is 53.6 Å². The number of amides is 2. The summed E-state index contributed by atoms with van der Waals surface area (Å²) in [6.07, 6.45) is -0.453. The molecule has 1 fully saturated rings. The second-order valence-electron chi connectivity index (χ2n) is 5.89. The molecule has 18 heavy (non-hydrogen) atoms. The van der Waals surface area contributed by atoms with Crippen LogP contribution in [-0.2, 0) is 9.59 Å². The maximum atomic E-state index is 12.4. The van der Waals surface area contributed by atoms with Crippen LogP contribution in [0, 0.1) is 5.41 Å². The van der Waals surface area contributed by atoms with Gasteiger partial charge in [0.1, 0.15) is 6.04 Å². The lowest BCUT2D eigenvalue weighted by Crippen LogP contribution is -2.55. The molecule has 0 aromatic heterocycles. The first-order chi connectivity index (χ1) is 8.18. The van der Waals surface area contributed by atoms with Gasteiger partial charge >= 0.3 is 0 Å². The zero-order valence-electron chi connectivity index (χ0n) is 11.4. The topological polar surface area (TPSA) is 95.7 Å². The Morgan fingerprint density at radius 2 is 2.00 bits per heavy atom. The number of carbonyl (C=O) groups is 2. The van der Waals surface area contributed by atoms with E-state index in [-0.39, 0.29) is 24.3 Å². The fourth-order valence-electron chi connectivity index (χ4n) is 2.42.